The molecule has 0 saturated carbocycles. The summed E-state index contributed by atoms with van der Waals surface area (Å²) >= 11 is 0. The van der Waals surface area contributed by atoms with Gasteiger partial charge in [0.05, 0.1) is 12.6 Å². The van der Waals surface area contributed by atoms with E-state index in [9.17, 15) is 0 Å². The van der Waals surface area contributed by atoms with Gasteiger partial charge in [0.2, 0.25) is 0 Å². The summed E-state index contributed by atoms with van der Waals surface area (Å²) in [6, 6.07) is 0.612. The largest absolute Gasteiger partial charge is 0.376 e. The van der Waals surface area contributed by atoms with Crippen molar-refractivity contribution in [3.63, 3.8) is 0 Å². The summed E-state index contributed by atoms with van der Waals surface area (Å²) in [5, 5.41) is 6.79. The molecule has 0 aromatic heterocycles. The fraction of sp³-hybridized carbons (Fsp3) is 0.941. The van der Waals surface area contributed by atoms with Gasteiger partial charge < -0.3 is 15.4 Å². The number of nitrogens with one attached hydrogen (secondary N) is 2. The van der Waals surface area contributed by atoms with Crippen LogP contribution < -0.4 is 10.6 Å². The zero-order valence-electron chi connectivity index (χ0n) is 15.0. The monoisotopic (exact) mass is 438 g/mol. The first-order valence-corrected chi connectivity index (χ1v) is 9.07. The van der Waals surface area contributed by atoms with Crippen LogP contribution in [0.5, 0.6) is 0 Å². The second-order valence-electron chi connectivity index (χ2n) is 6.92. The minimum atomic E-state index is 0. The summed E-state index contributed by atoms with van der Waals surface area (Å²) in [4.78, 5) is 7.42. The highest BCUT2D eigenvalue weighted by atomic mass is 127. The summed E-state index contributed by atoms with van der Waals surface area (Å²) in [6.45, 7) is 12.7. The number of rotatable bonds is 7. The molecule has 2 N–H and O–H groups in total. The van der Waals surface area contributed by atoms with Gasteiger partial charge in [-0.1, -0.05) is 13.8 Å². The third kappa shape index (κ3) is 7.56. The van der Waals surface area contributed by atoms with Crippen molar-refractivity contribution in [2.45, 2.75) is 58.6 Å². The molecule has 0 spiro atoms. The molecule has 23 heavy (non-hydrogen) atoms. The van der Waals surface area contributed by atoms with Gasteiger partial charge in [-0.05, 0) is 45.1 Å². The van der Waals surface area contributed by atoms with Crippen molar-refractivity contribution in [1.29, 1.82) is 0 Å². The molecule has 0 amide bonds. The first-order valence-electron chi connectivity index (χ1n) is 9.07. The van der Waals surface area contributed by atoms with Crippen LogP contribution in [0.25, 0.3) is 0 Å². The Bertz CT molecular complexity index is 345. The molecule has 0 bridgehead atoms. The summed E-state index contributed by atoms with van der Waals surface area (Å²) in [5.41, 5.74) is 0. The molecule has 0 aromatic carbocycles. The number of hydrogen-bond donors (Lipinski definition) is 2. The van der Waals surface area contributed by atoms with Crippen molar-refractivity contribution in [2.75, 3.05) is 39.3 Å². The average Bonchev–Trinajstić information content (AvgIpc) is 3.13. The van der Waals surface area contributed by atoms with Crippen LogP contribution in [-0.2, 0) is 4.74 Å². The molecule has 2 fully saturated rings. The van der Waals surface area contributed by atoms with Crippen LogP contribution in [0.3, 0.4) is 0 Å². The van der Waals surface area contributed by atoms with Crippen molar-refractivity contribution in [3.05, 3.63) is 0 Å². The molecule has 6 heteroatoms. The van der Waals surface area contributed by atoms with Crippen molar-refractivity contribution >= 4 is 29.9 Å². The predicted molar refractivity (Wildman–Crippen MR) is 108 cm³/mol. The van der Waals surface area contributed by atoms with E-state index in [1.807, 2.05) is 0 Å². The van der Waals surface area contributed by atoms with Crippen LogP contribution in [0.4, 0.5) is 0 Å². The first kappa shape index (κ1) is 21.0. The van der Waals surface area contributed by atoms with E-state index < -0.39 is 0 Å². The SMILES string of the molecule is CCNC(=NC[C@H]1CCCN1CC(C)C)NCC1CCCO1.I. The lowest BCUT2D eigenvalue weighted by Gasteiger charge is -2.25. The number of nitrogens with zero attached hydrogens (tertiary/aromatic N) is 2. The molecule has 2 heterocycles. The highest BCUT2D eigenvalue weighted by Crippen LogP contribution is 2.18. The second-order valence-corrected chi connectivity index (χ2v) is 6.92. The van der Waals surface area contributed by atoms with Gasteiger partial charge in [-0.15, -0.1) is 24.0 Å². The van der Waals surface area contributed by atoms with Gasteiger partial charge in [0, 0.05) is 32.3 Å². The van der Waals surface area contributed by atoms with E-state index in [0.29, 0.717) is 12.1 Å². The molecular formula is C17H35IN4O. The van der Waals surface area contributed by atoms with Crippen LogP contribution in [0, 0.1) is 5.92 Å². The smallest absolute Gasteiger partial charge is 0.191 e. The Labute approximate surface area is 159 Å². The molecule has 1 unspecified atom stereocenters. The van der Waals surface area contributed by atoms with E-state index in [1.54, 1.807) is 0 Å². The summed E-state index contributed by atoms with van der Waals surface area (Å²) in [6.07, 6.45) is 5.30. The van der Waals surface area contributed by atoms with Crippen molar-refractivity contribution < 1.29 is 4.74 Å². The van der Waals surface area contributed by atoms with Gasteiger partial charge in [0.1, 0.15) is 0 Å². The Balaban J connectivity index is 0.00000264. The molecule has 2 atom stereocenters. The van der Waals surface area contributed by atoms with E-state index >= 15 is 0 Å². The van der Waals surface area contributed by atoms with Gasteiger partial charge in [0.15, 0.2) is 5.96 Å². The lowest BCUT2D eigenvalue weighted by Crippen LogP contribution is -2.42. The van der Waals surface area contributed by atoms with Gasteiger partial charge in [-0.3, -0.25) is 9.89 Å². The van der Waals surface area contributed by atoms with Crippen LogP contribution in [0.1, 0.15) is 46.5 Å². The van der Waals surface area contributed by atoms with Gasteiger partial charge in [-0.25, -0.2) is 0 Å². The number of hydrogen-bond acceptors (Lipinski definition) is 3. The zero-order chi connectivity index (χ0) is 15.8. The topological polar surface area (TPSA) is 48.9 Å². The number of halogens is 1. The fourth-order valence-corrected chi connectivity index (χ4v) is 3.37. The first-order chi connectivity index (χ1) is 10.7. The number of ether oxygens (including phenoxy) is 1. The maximum absolute atomic E-state index is 5.67. The lowest BCUT2D eigenvalue weighted by atomic mass is 10.2. The van der Waals surface area contributed by atoms with Crippen LogP contribution in [0.2, 0.25) is 0 Å². The third-order valence-corrected chi connectivity index (χ3v) is 4.42. The highest BCUT2D eigenvalue weighted by molar-refractivity contribution is 14.0. The van der Waals surface area contributed by atoms with Crippen LogP contribution in [-0.4, -0.2) is 62.3 Å². The van der Waals surface area contributed by atoms with Crippen molar-refractivity contribution in [3.8, 4) is 0 Å². The molecule has 5 nitrogen and oxygen atoms in total. The Morgan fingerprint density at radius 1 is 1.26 bits per heavy atom. The number of guanidine groups is 1. The summed E-state index contributed by atoms with van der Waals surface area (Å²) in [7, 11) is 0. The van der Waals surface area contributed by atoms with E-state index in [0.717, 1.165) is 44.5 Å². The molecule has 2 aliphatic rings. The summed E-state index contributed by atoms with van der Waals surface area (Å²) in [5.74, 6) is 1.67. The van der Waals surface area contributed by atoms with Gasteiger partial charge >= 0.3 is 0 Å². The second kappa shape index (κ2) is 11.5. The van der Waals surface area contributed by atoms with Crippen molar-refractivity contribution in [1.82, 2.24) is 15.5 Å². The normalized spacial score (nSPS) is 25.7. The maximum Gasteiger partial charge on any atom is 0.191 e. The van der Waals surface area contributed by atoms with E-state index in [1.165, 1.54) is 32.4 Å². The Morgan fingerprint density at radius 3 is 2.74 bits per heavy atom. The standard InChI is InChI=1S/C17H34N4O.HI/c1-4-18-17(20-12-16-8-6-10-22-16)19-11-15-7-5-9-21(15)13-14(2)3;/h14-16H,4-13H2,1-3H3,(H2,18,19,20);1H/t15-,16?;/m1./s1. The molecule has 136 valence electrons. The average molecular weight is 438 g/mol. The van der Waals surface area contributed by atoms with Gasteiger partial charge in [0.25, 0.3) is 0 Å². The van der Waals surface area contributed by atoms with Crippen LogP contribution in [0.15, 0.2) is 4.99 Å². The maximum atomic E-state index is 5.67. The molecule has 2 saturated heterocycles. The number of aliphatic imine (C=N–C) groups is 1. The van der Waals surface area contributed by atoms with Crippen LogP contribution >= 0.6 is 24.0 Å². The van der Waals surface area contributed by atoms with Gasteiger partial charge in [-0.2, -0.15) is 0 Å². The zero-order valence-corrected chi connectivity index (χ0v) is 17.3. The third-order valence-electron chi connectivity index (χ3n) is 4.42. The minimum Gasteiger partial charge on any atom is -0.376 e. The van der Waals surface area contributed by atoms with E-state index in [4.69, 9.17) is 9.73 Å². The number of likely N-dealkylation sites (tertiary alicyclic amines) is 1. The molecule has 2 rings (SSSR count). The van der Waals surface area contributed by atoms with E-state index in [-0.39, 0.29) is 24.0 Å². The highest BCUT2D eigenvalue weighted by Gasteiger charge is 2.24. The Morgan fingerprint density at radius 2 is 2.09 bits per heavy atom. The fourth-order valence-electron chi connectivity index (χ4n) is 3.37. The Kier molecular flexibility index (Phi) is 10.5. The van der Waals surface area contributed by atoms with Crippen molar-refractivity contribution in [2.24, 2.45) is 10.9 Å². The minimum absolute atomic E-state index is 0. The Hall–Kier alpha value is -0.0800. The molecule has 0 aromatic rings. The molecule has 0 aliphatic carbocycles. The quantitative estimate of drug-likeness (QED) is 0.364. The predicted octanol–water partition coefficient (Wildman–Crippen LogP) is 2.46. The lowest BCUT2D eigenvalue weighted by molar-refractivity contribution is 0.113. The summed E-state index contributed by atoms with van der Waals surface area (Å²) < 4.78 is 5.67. The van der Waals surface area contributed by atoms with E-state index in [2.05, 4.69) is 36.3 Å². The molecule has 2 aliphatic heterocycles. The molecular weight excluding hydrogens is 403 g/mol. The molecule has 0 radical (unpaired) electrons.